The first-order valence-corrected chi connectivity index (χ1v) is 9.29. The molecule has 3 heterocycles. The number of hydrogen-bond donors (Lipinski definition) is 2. The highest BCUT2D eigenvalue weighted by Crippen LogP contribution is 2.34. The SMILES string of the molecule is O=C1CN(c2ccc(C(=O)N[C@@H]3CCOC4(CCOCC4)C3)cc2)C(=O)N1. The lowest BCUT2D eigenvalue weighted by Crippen LogP contribution is -2.51. The van der Waals surface area contributed by atoms with Gasteiger partial charge >= 0.3 is 6.03 Å². The highest BCUT2D eigenvalue weighted by atomic mass is 16.5. The largest absolute Gasteiger partial charge is 0.381 e. The van der Waals surface area contributed by atoms with Crippen LogP contribution < -0.4 is 15.5 Å². The average molecular weight is 373 g/mol. The van der Waals surface area contributed by atoms with E-state index >= 15 is 0 Å². The zero-order chi connectivity index (χ0) is 18.9. The Bertz CT molecular complexity index is 737. The molecule has 0 unspecified atom stereocenters. The zero-order valence-corrected chi connectivity index (χ0v) is 15.0. The second kappa shape index (κ2) is 7.28. The molecule has 0 aliphatic carbocycles. The second-order valence-electron chi connectivity index (χ2n) is 7.29. The monoisotopic (exact) mass is 373 g/mol. The van der Waals surface area contributed by atoms with Crippen LogP contribution in [0.25, 0.3) is 0 Å². The van der Waals surface area contributed by atoms with E-state index in [4.69, 9.17) is 9.47 Å². The van der Waals surface area contributed by atoms with Crippen LogP contribution in [0.15, 0.2) is 24.3 Å². The minimum atomic E-state index is -0.443. The van der Waals surface area contributed by atoms with Crippen LogP contribution in [0.3, 0.4) is 0 Å². The van der Waals surface area contributed by atoms with Crippen LogP contribution in [0, 0.1) is 0 Å². The lowest BCUT2D eigenvalue weighted by Gasteiger charge is -2.43. The van der Waals surface area contributed by atoms with E-state index in [1.165, 1.54) is 4.90 Å². The molecule has 1 aromatic rings. The Morgan fingerprint density at radius 3 is 2.56 bits per heavy atom. The smallest absolute Gasteiger partial charge is 0.329 e. The van der Waals surface area contributed by atoms with E-state index in [-0.39, 0.29) is 30.0 Å². The summed E-state index contributed by atoms with van der Waals surface area (Å²) in [6.45, 7) is 2.05. The van der Waals surface area contributed by atoms with Crippen molar-refractivity contribution in [2.75, 3.05) is 31.3 Å². The molecule has 8 heteroatoms. The number of amides is 4. The van der Waals surface area contributed by atoms with Crippen LogP contribution in [-0.2, 0) is 14.3 Å². The van der Waals surface area contributed by atoms with E-state index in [1.807, 2.05) is 0 Å². The van der Waals surface area contributed by atoms with Gasteiger partial charge in [0.05, 0.1) is 5.60 Å². The Balaban J connectivity index is 1.38. The first-order valence-electron chi connectivity index (χ1n) is 9.29. The summed E-state index contributed by atoms with van der Waals surface area (Å²) in [6, 6.07) is 6.33. The third-order valence-corrected chi connectivity index (χ3v) is 5.47. The normalized spacial score (nSPS) is 24.7. The Morgan fingerprint density at radius 2 is 1.89 bits per heavy atom. The number of carbonyl (C=O) groups is 3. The van der Waals surface area contributed by atoms with E-state index < -0.39 is 6.03 Å². The van der Waals surface area contributed by atoms with Crippen LogP contribution in [0.5, 0.6) is 0 Å². The summed E-state index contributed by atoms with van der Waals surface area (Å²) in [5.74, 6) is -0.471. The van der Waals surface area contributed by atoms with Gasteiger partial charge in [-0.2, -0.15) is 0 Å². The van der Waals surface area contributed by atoms with Gasteiger partial charge in [-0.3, -0.25) is 19.8 Å². The number of hydrogen-bond acceptors (Lipinski definition) is 5. The summed E-state index contributed by atoms with van der Waals surface area (Å²) in [4.78, 5) is 37.0. The topological polar surface area (TPSA) is 97.0 Å². The van der Waals surface area contributed by atoms with Crippen molar-refractivity contribution in [1.29, 1.82) is 0 Å². The maximum Gasteiger partial charge on any atom is 0.329 e. The van der Waals surface area contributed by atoms with Crippen LogP contribution in [0.1, 0.15) is 36.0 Å². The average Bonchev–Trinajstić information content (AvgIpc) is 3.01. The summed E-state index contributed by atoms with van der Waals surface area (Å²) in [7, 11) is 0. The maximum absolute atomic E-state index is 12.6. The molecule has 3 fully saturated rings. The predicted molar refractivity (Wildman–Crippen MR) is 96.6 cm³/mol. The highest BCUT2D eigenvalue weighted by Gasteiger charge is 2.39. The molecular weight excluding hydrogens is 350 g/mol. The van der Waals surface area contributed by atoms with Gasteiger partial charge in [-0.15, -0.1) is 0 Å². The van der Waals surface area contributed by atoms with Gasteiger partial charge in [0.2, 0.25) is 5.91 Å². The number of ether oxygens (including phenoxy) is 2. The molecule has 1 spiro atoms. The fourth-order valence-corrected chi connectivity index (χ4v) is 3.95. The number of anilines is 1. The van der Waals surface area contributed by atoms with Gasteiger partial charge in [0.1, 0.15) is 6.54 Å². The van der Waals surface area contributed by atoms with Crippen LogP contribution in [0.4, 0.5) is 10.5 Å². The summed E-state index contributed by atoms with van der Waals surface area (Å²) in [6.07, 6.45) is 3.33. The molecule has 8 nitrogen and oxygen atoms in total. The molecule has 0 radical (unpaired) electrons. The van der Waals surface area contributed by atoms with Gasteiger partial charge in [0.15, 0.2) is 0 Å². The first-order chi connectivity index (χ1) is 13.0. The Kier molecular flexibility index (Phi) is 4.84. The standard InChI is InChI=1S/C19H23N3O5/c23-16-12-22(18(25)21-16)15-3-1-13(2-4-15)17(24)20-14-5-8-27-19(11-14)6-9-26-10-7-19/h1-4,14H,5-12H2,(H,20,24)(H,21,23,25)/t14-/m1/s1. The van der Waals surface area contributed by atoms with Crippen LogP contribution in [0.2, 0.25) is 0 Å². The van der Waals surface area contributed by atoms with Gasteiger partial charge in [0, 0.05) is 37.1 Å². The summed E-state index contributed by atoms with van der Waals surface area (Å²) in [5, 5.41) is 5.34. The van der Waals surface area contributed by atoms with Crippen LogP contribution >= 0.6 is 0 Å². The van der Waals surface area contributed by atoms with Crippen LogP contribution in [-0.4, -0.2) is 55.9 Å². The number of urea groups is 1. The molecule has 3 aliphatic heterocycles. The number of imide groups is 1. The van der Waals surface area contributed by atoms with Crippen molar-refractivity contribution in [3.63, 3.8) is 0 Å². The molecule has 0 aromatic heterocycles. The molecule has 4 rings (SSSR count). The van der Waals surface area contributed by atoms with Gasteiger partial charge in [-0.1, -0.05) is 0 Å². The molecule has 4 amide bonds. The predicted octanol–water partition coefficient (Wildman–Crippen LogP) is 1.20. The molecule has 2 N–H and O–H groups in total. The Hall–Kier alpha value is -2.45. The minimum Gasteiger partial charge on any atom is -0.381 e. The Labute approximate surface area is 157 Å². The molecule has 3 aliphatic rings. The molecule has 1 aromatic carbocycles. The third kappa shape index (κ3) is 3.81. The number of carbonyl (C=O) groups excluding carboxylic acids is 3. The lowest BCUT2D eigenvalue weighted by molar-refractivity contribution is -0.139. The van der Waals surface area contributed by atoms with Gasteiger partial charge in [0.25, 0.3) is 5.91 Å². The minimum absolute atomic E-state index is 0.00174. The van der Waals surface area contributed by atoms with Crippen molar-refractivity contribution in [2.24, 2.45) is 0 Å². The molecule has 0 bridgehead atoms. The zero-order valence-electron chi connectivity index (χ0n) is 15.0. The fourth-order valence-electron chi connectivity index (χ4n) is 3.95. The summed E-state index contributed by atoms with van der Waals surface area (Å²) >= 11 is 0. The molecule has 144 valence electrons. The molecule has 0 saturated carbocycles. The van der Waals surface area contributed by atoms with E-state index in [2.05, 4.69) is 10.6 Å². The molecule has 1 atom stereocenters. The van der Waals surface area contributed by atoms with Crippen molar-refractivity contribution in [2.45, 2.75) is 37.3 Å². The summed E-state index contributed by atoms with van der Waals surface area (Å²) in [5.41, 5.74) is 0.938. The van der Waals surface area contributed by atoms with E-state index in [0.29, 0.717) is 31.1 Å². The quantitative estimate of drug-likeness (QED) is 0.776. The number of rotatable bonds is 3. The number of nitrogens with zero attached hydrogens (tertiary/aromatic N) is 1. The maximum atomic E-state index is 12.6. The van der Waals surface area contributed by atoms with Crippen molar-refractivity contribution in [3.8, 4) is 0 Å². The fraction of sp³-hybridized carbons (Fsp3) is 0.526. The summed E-state index contributed by atoms with van der Waals surface area (Å²) < 4.78 is 11.4. The number of nitrogens with one attached hydrogen (secondary N) is 2. The van der Waals surface area contributed by atoms with Gasteiger partial charge in [-0.25, -0.2) is 4.79 Å². The molecule has 3 saturated heterocycles. The van der Waals surface area contributed by atoms with E-state index in [9.17, 15) is 14.4 Å². The Morgan fingerprint density at radius 1 is 1.15 bits per heavy atom. The second-order valence-corrected chi connectivity index (χ2v) is 7.29. The van der Waals surface area contributed by atoms with E-state index in [0.717, 1.165) is 25.7 Å². The highest BCUT2D eigenvalue weighted by molar-refractivity contribution is 6.12. The lowest BCUT2D eigenvalue weighted by atomic mass is 9.84. The third-order valence-electron chi connectivity index (χ3n) is 5.47. The molecular formula is C19H23N3O5. The van der Waals surface area contributed by atoms with Gasteiger partial charge < -0.3 is 14.8 Å². The first kappa shape index (κ1) is 17.9. The van der Waals surface area contributed by atoms with Crippen molar-refractivity contribution in [1.82, 2.24) is 10.6 Å². The van der Waals surface area contributed by atoms with Crippen molar-refractivity contribution in [3.05, 3.63) is 29.8 Å². The van der Waals surface area contributed by atoms with Gasteiger partial charge in [-0.05, 0) is 49.9 Å². The molecule has 27 heavy (non-hydrogen) atoms. The van der Waals surface area contributed by atoms with Crippen molar-refractivity contribution >= 4 is 23.5 Å². The van der Waals surface area contributed by atoms with Crippen molar-refractivity contribution < 1.29 is 23.9 Å². The van der Waals surface area contributed by atoms with E-state index in [1.54, 1.807) is 24.3 Å². The number of benzene rings is 1.